The molecule has 0 radical (unpaired) electrons. The Morgan fingerprint density at radius 2 is 1.74 bits per heavy atom. The van der Waals surface area contributed by atoms with Gasteiger partial charge in [0.15, 0.2) is 5.78 Å². The summed E-state index contributed by atoms with van der Waals surface area (Å²) in [7, 11) is 0. The van der Waals surface area contributed by atoms with Crippen LogP contribution in [0.5, 0.6) is 0 Å². The smallest absolute Gasteiger partial charge is 0.224 e. The van der Waals surface area contributed by atoms with Crippen LogP contribution in [0, 0.1) is 6.92 Å². The normalized spacial score (nSPS) is 10.4. The molecule has 0 unspecified atom stereocenters. The molecule has 0 aliphatic heterocycles. The van der Waals surface area contributed by atoms with Crippen LogP contribution in [0.25, 0.3) is 0 Å². The maximum absolute atomic E-state index is 12.1. The Balaban J connectivity index is 1.89. The molecule has 120 valence electrons. The van der Waals surface area contributed by atoms with E-state index in [4.69, 9.17) is 0 Å². The molecule has 3 nitrogen and oxygen atoms in total. The van der Waals surface area contributed by atoms with E-state index in [1.807, 2.05) is 49.4 Å². The minimum absolute atomic E-state index is 0.00432. The fraction of sp³-hybridized carbons (Fsp3) is 0.263. The number of ketones is 1. The highest BCUT2D eigenvalue weighted by Crippen LogP contribution is 2.20. The second kappa shape index (κ2) is 8.06. The fourth-order valence-electron chi connectivity index (χ4n) is 2.28. The van der Waals surface area contributed by atoms with Crippen molar-refractivity contribution < 1.29 is 9.59 Å². The molecule has 2 rings (SSSR count). The van der Waals surface area contributed by atoms with Gasteiger partial charge in [-0.2, -0.15) is 0 Å². The van der Waals surface area contributed by atoms with E-state index in [1.54, 1.807) is 0 Å². The van der Waals surface area contributed by atoms with Gasteiger partial charge >= 0.3 is 0 Å². The Hall–Kier alpha value is -1.94. The SMILES string of the molecule is CCc1ccc(C(=O)CCC(=O)Nc2ccc(Br)cc2C)cc1. The van der Waals surface area contributed by atoms with Gasteiger partial charge < -0.3 is 5.32 Å². The first-order valence-corrected chi connectivity index (χ1v) is 8.47. The molecule has 0 spiro atoms. The third-order valence-electron chi connectivity index (χ3n) is 3.73. The van der Waals surface area contributed by atoms with E-state index < -0.39 is 0 Å². The zero-order valence-electron chi connectivity index (χ0n) is 13.4. The molecular formula is C19H20BrNO2. The van der Waals surface area contributed by atoms with E-state index in [-0.39, 0.29) is 24.5 Å². The number of carbonyl (C=O) groups is 2. The lowest BCUT2D eigenvalue weighted by molar-refractivity contribution is -0.116. The standard InChI is InChI=1S/C19H20BrNO2/c1-3-14-4-6-15(7-5-14)18(22)10-11-19(23)21-17-9-8-16(20)12-13(17)2/h4-9,12H,3,10-11H2,1-2H3,(H,21,23). The largest absolute Gasteiger partial charge is 0.326 e. The number of carbonyl (C=O) groups excluding carboxylic acids is 2. The molecule has 0 aromatic heterocycles. The first kappa shape index (κ1) is 17.4. The molecule has 2 aromatic carbocycles. The predicted molar refractivity (Wildman–Crippen MR) is 96.9 cm³/mol. The zero-order valence-corrected chi connectivity index (χ0v) is 14.9. The summed E-state index contributed by atoms with van der Waals surface area (Å²) in [5, 5.41) is 2.85. The number of Topliss-reactive ketones (excluding diaryl/α,β-unsaturated/α-hetero) is 1. The second-order valence-electron chi connectivity index (χ2n) is 5.48. The molecular weight excluding hydrogens is 354 g/mol. The van der Waals surface area contributed by atoms with Gasteiger partial charge in [-0.3, -0.25) is 9.59 Å². The minimum atomic E-state index is -0.144. The number of rotatable bonds is 6. The van der Waals surface area contributed by atoms with Crippen LogP contribution in [0.15, 0.2) is 46.9 Å². The molecule has 1 N–H and O–H groups in total. The zero-order chi connectivity index (χ0) is 16.8. The van der Waals surface area contributed by atoms with Gasteiger partial charge in [0, 0.05) is 28.6 Å². The van der Waals surface area contributed by atoms with E-state index in [0.29, 0.717) is 5.56 Å². The molecule has 23 heavy (non-hydrogen) atoms. The van der Waals surface area contributed by atoms with Crippen LogP contribution >= 0.6 is 15.9 Å². The van der Waals surface area contributed by atoms with Crippen molar-refractivity contribution >= 4 is 33.3 Å². The summed E-state index contributed by atoms with van der Waals surface area (Å²) in [6.07, 6.45) is 1.35. The highest BCUT2D eigenvalue weighted by molar-refractivity contribution is 9.10. The summed E-state index contributed by atoms with van der Waals surface area (Å²) in [5.41, 5.74) is 3.62. The quantitative estimate of drug-likeness (QED) is 0.730. The lowest BCUT2D eigenvalue weighted by atomic mass is 10.0. The number of nitrogens with one attached hydrogen (secondary N) is 1. The van der Waals surface area contributed by atoms with Crippen molar-refractivity contribution in [3.63, 3.8) is 0 Å². The average molecular weight is 374 g/mol. The van der Waals surface area contributed by atoms with Crippen molar-refractivity contribution in [3.05, 3.63) is 63.6 Å². The Kier molecular flexibility index (Phi) is 6.11. The van der Waals surface area contributed by atoms with E-state index in [2.05, 4.69) is 28.2 Å². The highest BCUT2D eigenvalue weighted by atomic mass is 79.9. The molecule has 0 bridgehead atoms. The molecule has 0 atom stereocenters. The Morgan fingerprint density at radius 1 is 1.04 bits per heavy atom. The van der Waals surface area contributed by atoms with Crippen LogP contribution in [-0.4, -0.2) is 11.7 Å². The van der Waals surface area contributed by atoms with Gasteiger partial charge in [0.25, 0.3) is 0 Å². The second-order valence-corrected chi connectivity index (χ2v) is 6.40. The third kappa shape index (κ3) is 5.03. The summed E-state index contributed by atoms with van der Waals surface area (Å²) >= 11 is 3.39. The maximum Gasteiger partial charge on any atom is 0.224 e. The van der Waals surface area contributed by atoms with Crippen molar-refractivity contribution in [2.24, 2.45) is 0 Å². The van der Waals surface area contributed by atoms with Gasteiger partial charge in [-0.15, -0.1) is 0 Å². The van der Waals surface area contributed by atoms with Crippen LogP contribution < -0.4 is 5.32 Å². The average Bonchev–Trinajstić information content (AvgIpc) is 2.55. The monoisotopic (exact) mass is 373 g/mol. The molecule has 0 saturated heterocycles. The maximum atomic E-state index is 12.1. The molecule has 4 heteroatoms. The van der Waals surface area contributed by atoms with Crippen LogP contribution in [0.3, 0.4) is 0 Å². The van der Waals surface area contributed by atoms with Gasteiger partial charge in [0.2, 0.25) is 5.91 Å². The summed E-state index contributed by atoms with van der Waals surface area (Å²) in [4.78, 5) is 24.1. The van der Waals surface area contributed by atoms with Crippen molar-refractivity contribution in [3.8, 4) is 0 Å². The molecule has 0 fully saturated rings. The fourth-order valence-corrected chi connectivity index (χ4v) is 2.75. The van der Waals surface area contributed by atoms with Gasteiger partial charge in [-0.1, -0.05) is 47.1 Å². The summed E-state index contributed by atoms with van der Waals surface area (Å²) in [6.45, 7) is 4.01. The van der Waals surface area contributed by atoms with Crippen molar-refractivity contribution in [1.29, 1.82) is 0 Å². The molecule has 0 aliphatic carbocycles. The summed E-state index contributed by atoms with van der Waals surface area (Å²) in [6, 6.07) is 13.2. The topological polar surface area (TPSA) is 46.2 Å². The number of aryl methyl sites for hydroxylation is 2. The van der Waals surface area contributed by atoms with Crippen LogP contribution in [0.4, 0.5) is 5.69 Å². The Bertz CT molecular complexity index is 708. The number of hydrogen-bond donors (Lipinski definition) is 1. The lowest BCUT2D eigenvalue weighted by Gasteiger charge is -2.08. The van der Waals surface area contributed by atoms with Gasteiger partial charge in [0.1, 0.15) is 0 Å². The predicted octanol–water partition coefficient (Wildman–Crippen LogP) is 4.92. The van der Waals surface area contributed by atoms with Crippen molar-refractivity contribution in [1.82, 2.24) is 0 Å². The number of hydrogen-bond acceptors (Lipinski definition) is 2. The first-order valence-electron chi connectivity index (χ1n) is 7.67. The van der Waals surface area contributed by atoms with Gasteiger partial charge in [-0.05, 0) is 42.7 Å². The van der Waals surface area contributed by atoms with Crippen LogP contribution in [-0.2, 0) is 11.2 Å². The Morgan fingerprint density at radius 3 is 2.35 bits per heavy atom. The van der Waals surface area contributed by atoms with Gasteiger partial charge in [0.05, 0.1) is 0 Å². The third-order valence-corrected chi connectivity index (χ3v) is 4.22. The first-order chi connectivity index (χ1) is 11.0. The van der Waals surface area contributed by atoms with Crippen molar-refractivity contribution in [2.45, 2.75) is 33.1 Å². The number of halogens is 1. The van der Waals surface area contributed by atoms with Crippen molar-refractivity contribution in [2.75, 3.05) is 5.32 Å². The van der Waals surface area contributed by atoms with Crippen LogP contribution in [0.1, 0.15) is 41.3 Å². The lowest BCUT2D eigenvalue weighted by Crippen LogP contribution is -2.14. The summed E-state index contributed by atoms with van der Waals surface area (Å²) in [5.74, 6) is -0.149. The molecule has 0 saturated carbocycles. The highest BCUT2D eigenvalue weighted by Gasteiger charge is 2.10. The van der Waals surface area contributed by atoms with Gasteiger partial charge in [-0.25, -0.2) is 0 Å². The van der Waals surface area contributed by atoms with Crippen LogP contribution in [0.2, 0.25) is 0 Å². The molecule has 2 aromatic rings. The number of anilines is 1. The Labute approximate surface area is 145 Å². The molecule has 0 heterocycles. The number of benzene rings is 2. The molecule has 0 aliphatic rings. The van der Waals surface area contributed by atoms with E-state index >= 15 is 0 Å². The van der Waals surface area contributed by atoms with E-state index in [0.717, 1.165) is 22.1 Å². The van der Waals surface area contributed by atoms with E-state index in [9.17, 15) is 9.59 Å². The minimum Gasteiger partial charge on any atom is -0.326 e. The molecule has 1 amide bonds. The summed E-state index contributed by atoms with van der Waals surface area (Å²) < 4.78 is 0.971. The number of amides is 1. The van der Waals surface area contributed by atoms with E-state index in [1.165, 1.54) is 5.56 Å².